The molecule has 2 heterocycles. The maximum absolute atomic E-state index is 5.98. The van der Waals surface area contributed by atoms with Crippen LogP contribution in [-0.2, 0) is 13.5 Å². The van der Waals surface area contributed by atoms with Crippen LogP contribution in [-0.4, -0.2) is 21.3 Å². The van der Waals surface area contributed by atoms with Gasteiger partial charge in [0.05, 0.1) is 5.52 Å². The van der Waals surface area contributed by atoms with E-state index in [0.29, 0.717) is 12.4 Å². The average molecular weight is 314 g/mol. The Labute approximate surface area is 129 Å². The Morgan fingerprint density at radius 3 is 2.60 bits per heavy atom. The van der Waals surface area contributed by atoms with E-state index in [1.165, 1.54) is 0 Å². The zero-order chi connectivity index (χ0) is 12.7. The maximum atomic E-state index is 5.98. The fourth-order valence-electron chi connectivity index (χ4n) is 2.41. The lowest BCUT2D eigenvalue weighted by molar-refractivity contribution is 0.716. The van der Waals surface area contributed by atoms with Gasteiger partial charge in [0.1, 0.15) is 5.52 Å². The lowest BCUT2D eigenvalue weighted by atomic mass is 10.1. The average Bonchev–Trinajstić information content (AvgIpc) is 2.69. The largest absolute Gasteiger partial charge is 0.382 e. The smallest absolute Gasteiger partial charge is 0.152 e. The number of nitrogens with two attached hydrogens (primary N) is 2. The number of anilines is 1. The Hall–Kier alpha value is -1.56. The molecule has 108 valence electrons. The van der Waals surface area contributed by atoms with Crippen molar-refractivity contribution < 1.29 is 0 Å². The second-order valence-electron chi connectivity index (χ2n) is 4.35. The number of benzene rings is 1. The summed E-state index contributed by atoms with van der Waals surface area (Å²) in [6.45, 7) is 0.588. The highest BCUT2D eigenvalue weighted by Gasteiger charge is 2.15. The first-order valence-electron chi connectivity index (χ1n) is 5.92. The zero-order valence-electron chi connectivity index (χ0n) is 11.0. The summed E-state index contributed by atoms with van der Waals surface area (Å²) in [7, 11) is 1.92. The molecular formula is C13H17Cl2N5. The number of aryl methyl sites for hydroxylation is 1. The molecule has 0 fully saturated rings. The standard InChI is InChI=1S/C13H15N5.2ClH/c1-18-10(6-7-14)11-8-4-2-3-5-9(8)16-13(15)12(11)17-18;;/h2-5H,6-7,14H2,1H3,(H2,15,16);2*1H. The number of nitrogens with zero attached hydrogens (tertiary/aromatic N) is 3. The van der Waals surface area contributed by atoms with Crippen LogP contribution in [0.2, 0.25) is 0 Å². The predicted octanol–water partition coefficient (Wildman–Crippen LogP) is 2.05. The Morgan fingerprint density at radius 2 is 1.90 bits per heavy atom. The van der Waals surface area contributed by atoms with Crippen LogP contribution < -0.4 is 11.5 Å². The third-order valence-corrected chi connectivity index (χ3v) is 3.20. The number of rotatable bonds is 2. The topological polar surface area (TPSA) is 82.8 Å². The van der Waals surface area contributed by atoms with Crippen molar-refractivity contribution in [2.45, 2.75) is 6.42 Å². The van der Waals surface area contributed by atoms with E-state index < -0.39 is 0 Å². The summed E-state index contributed by atoms with van der Waals surface area (Å²) in [5.74, 6) is 0.475. The fraction of sp³-hybridized carbons (Fsp3) is 0.231. The van der Waals surface area contributed by atoms with Gasteiger partial charge in [-0.1, -0.05) is 18.2 Å². The highest BCUT2D eigenvalue weighted by Crippen LogP contribution is 2.29. The molecule has 1 aromatic carbocycles. The minimum absolute atomic E-state index is 0. The van der Waals surface area contributed by atoms with Crippen molar-refractivity contribution in [2.24, 2.45) is 12.8 Å². The number of hydrogen-bond donors (Lipinski definition) is 2. The quantitative estimate of drug-likeness (QED) is 0.758. The number of hydrogen-bond acceptors (Lipinski definition) is 4. The molecule has 0 saturated carbocycles. The van der Waals surface area contributed by atoms with Crippen LogP contribution in [0.4, 0.5) is 5.82 Å². The number of para-hydroxylation sites is 1. The van der Waals surface area contributed by atoms with Gasteiger partial charge < -0.3 is 11.5 Å². The fourth-order valence-corrected chi connectivity index (χ4v) is 2.41. The Balaban J connectivity index is 0.000001000. The van der Waals surface area contributed by atoms with Crippen LogP contribution in [0.1, 0.15) is 5.69 Å². The number of pyridine rings is 1. The van der Waals surface area contributed by atoms with Crippen molar-refractivity contribution in [3.8, 4) is 0 Å². The molecule has 3 aromatic rings. The van der Waals surface area contributed by atoms with Gasteiger partial charge in [-0.05, 0) is 12.6 Å². The molecule has 0 unspecified atom stereocenters. The summed E-state index contributed by atoms with van der Waals surface area (Å²) in [6, 6.07) is 7.97. The molecule has 0 radical (unpaired) electrons. The maximum Gasteiger partial charge on any atom is 0.152 e. The van der Waals surface area contributed by atoms with Crippen LogP contribution in [0.3, 0.4) is 0 Å². The molecular weight excluding hydrogens is 297 g/mol. The van der Waals surface area contributed by atoms with Gasteiger partial charge in [0.2, 0.25) is 0 Å². The van der Waals surface area contributed by atoms with Crippen molar-refractivity contribution in [1.29, 1.82) is 0 Å². The molecule has 0 aliphatic heterocycles. The van der Waals surface area contributed by atoms with Crippen molar-refractivity contribution >= 4 is 52.4 Å². The first-order chi connectivity index (χ1) is 8.72. The van der Waals surface area contributed by atoms with Gasteiger partial charge in [-0.25, -0.2) is 4.98 Å². The van der Waals surface area contributed by atoms with Crippen LogP contribution in [0.5, 0.6) is 0 Å². The zero-order valence-corrected chi connectivity index (χ0v) is 12.7. The number of aromatic nitrogens is 3. The molecule has 3 rings (SSSR count). The molecule has 0 amide bonds. The van der Waals surface area contributed by atoms with Crippen molar-refractivity contribution in [3.63, 3.8) is 0 Å². The summed E-state index contributed by atoms with van der Waals surface area (Å²) in [5.41, 5.74) is 14.4. The van der Waals surface area contributed by atoms with Gasteiger partial charge in [0.25, 0.3) is 0 Å². The van der Waals surface area contributed by atoms with E-state index in [1.807, 2.05) is 36.0 Å². The van der Waals surface area contributed by atoms with Gasteiger partial charge in [0, 0.05) is 29.9 Å². The number of fused-ring (bicyclic) bond motifs is 3. The molecule has 20 heavy (non-hydrogen) atoms. The second-order valence-corrected chi connectivity index (χ2v) is 4.35. The van der Waals surface area contributed by atoms with E-state index in [1.54, 1.807) is 0 Å². The Kier molecular flexibility index (Phi) is 5.16. The summed E-state index contributed by atoms with van der Waals surface area (Å²) in [6.07, 6.45) is 0.778. The highest BCUT2D eigenvalue weighted by molar-refractivity contribution is 6.09. The molecule has 2 aromatic heterocycles. The Bertz CT molecular complexity index is 738. The first kappa shape index (κ1) is 16.5. The SMILES string of the molecule is Cl.Cl.Cn1nc2c(N)nc3ccccc3c2c1CCN. The lowest BCUT2D eigenvalue weighted by Crippen LogP contribution is -2.07. The van der Waals surface area contributed by atoms with Gasteiger partial charge in [-0.15, -0.1) is 24.8 Å². The third-order valence-electron chi connectivity index (χ3n) is 3.20. The third kappa shape index (κ3) is 2.40. The summed E-state index contributed by atoms with van der Waals surface area (Å²) < 4.78 is 1.85. The monoisotopic (exact) mass is 313 g/mol. The molecule has 5 nitrogen and oxygen atoms in total. The molecule has 0 atom stereocenters. The molecule has 0 aliphatic rings. The molecule has 0 spiro atoms. The normalized spacial score (nSPS) is 10.3. The number of nitrogen functional groups attached to an aromatic ring is 1. The molecule has 7 heteroatoms. The summed E-state index contributed by atoms with van der Waals surface area (Å²) >= 11 is 0. The Morgan fingerprint density at radius 1 is 1.20 bits per heavy atom. The van der Waals surface area contributed by atoms with E-state index in [0.717, 1.165) is 33.9 Å². The van der Waals surface area contributed by atoms with E-state index in [4.69, 9.17) is 11.5 Å². The molecule has 0 saturated heterocycles. The van der Waals surface area contributed by atoms with Gasteiger partial charge >= 0.3 is 0 Å². The minimum atomic E-state index is 0. The summed E-state index contributed by atoms with van der Waals surface area (Å²) in [5, 5.41) is 6.61. The van der Waals surface area contributed by atoms with E-state index in [-0.39, 0.29) is 24.8 Å². The van der Waals surface area contributed by atoms with Gasteiger partial charge in [0.15, 0.2) is 5.82 Å². The van der Waals surface area contributed by atoms with E-state index >= 15 is 0 Å². The minimum Gasteiger partial charge on any atom is -0.382 e. The molecule has 0 bridgehead atoms. The van der Waals surface area contributed by atoms with Crippen molar-refractivity contribution in [2.75, 3.05) is 12.3 Å². The van der Waals surface area contributed by atoms with E-state index in [9.17, 15) is 0 Å². The van der Waals surface area contributed by atoms with Crippen LogP contribution >= 0.6 is 24.8 Å². The van der Waals surface area contributed by atoms with Crippen LogP contribution in [0.15, 0.2) is 24.3 Å². The van der Waals surface area contributed by atoms with Gasteiger partial charge in [-0.2, -0.15) is 5.10 Å². The van der Waals surface area contributed by atoms with Crippen molar-refractivity contribution in [1.82, 2.24) is 14.8 Å². The van der Waals surface area contributed by atoms with Crippen molar-refractivity contribution in [3.05, 3.63) is 30.0 Å². The van der Waals surface area contributed by atoms with E-state index in [2.05, 4.69) is 10.1 Å². The predicted molar refractivity (Wildman–Crippen MR) is 87.7 cm³/mol. The first-order valence-corrected chi connectivity index (χ1v) is 5.92. The molecule has 4 N–H and O–H groups in total. The highest BCUT2D eigenvalue weighted by atomic mass is 35.5. The summed E-state index contributed by atoms with van der Waals surface area (Å²) in [4.78, 5) is 4.39. The van der Waals surface area contributed by atoms with Gasteiger partial charge in [-0.3, -0.25) is 4.68 Å². The van der Waals surface area contributed by atoms with Crippen LogP contribution in [0.25, 0.3) is 21.8 Å². The number of halogens is 2. The lowest BCUT2D eigenvalue weighted by Gasteiger charge is -2.03. The van der Waals surface area contributed by atoms with Crippen LogP contribution in [0, 0.1) is 0 Å². The second kappa shape index (κ2) is 6.26. The molecule has 0 aliphatic carbocycles.